The molecule has 0 aliphatic heterocycles. The molecule has 2 rings (SSSR count). The molecule has 2 aromatic rings. The second kappa shape index (κ2) is 6.35. The minimum atomic E-state index is -3.89. The Morgan fingerprint density at radius 1 is 0.760 bits per heavy atom. The van der Waals surface area contributed by atoms with Gasteiger partial charge in [-0.3, -0.25) is 9.44 Å². The van der Waals surface area contributed by atoms with Gasteiger partial charge in [-0.05, 0) is 18.2 Å². The molecule has 0 radical (unpaired) electrons. The van der Waals surface area contributed by atoms with Crippen LogP contribution in [0.2, 0.25) is 0 Å². The summed E-state index contributed by atoms with van der Waals surface area (Å²) in [6.07, 6.45) is 2.73. The summed E-state index contributed by atoms with van der Waals surface area (Å²) in [7, 11) is -11.2. The van der Waals surface area contributed by atoms with Crippen molar-refractivity contribution in [1.29, 1.82) is 0 Å². The van der Waals surface area contributed by atoms with Crippen molar-refractivity contribution < 1.29 is 29.4 Å². The highest BCUT2D eigenvalue weighted by atomic mass is 32.2. The van der Waals surface area contributed by atoms with Crippen LogP contribution in [0.15, 0.2) is 30.3 Å². The van der Waals surface area contributed by atoms with E-state index in [-0.39, 0.29) is 27.9 Å². The molecule has 0 saturated carbocycles. The molecule has 2 aromatic carbocycles. The Balaban J connectivity index is 2.83. The molecule has 25 heavy (non-hydrogen) atoms. The lowest BCUT2D eigenvalue weighted by Crippen LogP contribution is -2.13. The van der Waals surface area contributed by atoms with Crippen LogP contribution in [-0.2, 0) is 30.2 Å². The second-order valence-electron chi connectivity index (χ2n) is 5.38. The van der Waals surface area contributed by atoms with Crippen LogP contribution in [0.1, 0.15) is 0 Å². The second-order valence-corrected chi connectivity index (χ2v) is 10.4. The van der Waals surface area contributed by atoms with Gasteiger partial charge < -0.3 is 4.18 Å². The Labute approximate surface area is 146 Å². The molecule has 0 heterocycles. The summed E-state index contributed by atoms with van der Waals surface area (Å²) in [5.74, 6) is -0.136. The number of anilines is 2. The maximum Gasteiger partial charge on any atom is 0.306 e. The van der Waals surface area contributed by atoms with Crippen LogP contribution in [0.4, 0.5) is 11.4 Å². The zero-order valence-electron chi connectivity index (χ0n) is 13.5. The smallest absolute Gasteiger partial charge is 0.306 e. The normalized spacial score (nSPS) is 12.8. The average molecular weight is 408 g/mol. The van der Waals surface area contributed by atoms with Gasteiger partial charge in [-0.15, -0.1) is 0 Å². The third kappa shape index (κ3) is 5.47. The molecule has 2 N–H and O–H groups in total. The monoisotopic (exact) mass is 408 g/mol. The topological polar surface area (TPSA) is 136 Å². The molecule has 0 saturated heterocycles. The average Bonchev–Trinajstić information content (AvgIpc) is 2.36. The van der Waals surface area contributed by atoms with Crippen molar-refractivity contribution in [3.05, 3.63) is 30.3 Å². The molecule has 0 bridgehead atoms. The highest BCUT2D eigenvalue weighted by Crippen LogP contribution is 2.38. The minimum absolute atomic E-state index is 0.0517. The number of hydrogen-bond acceptors (Lipinski definition) is 7. The van der Waals surface area contributed by atoms with E-state index >= 15 is 0 Å². The zero-order valence-corrected chi connectivity index (χ0v) is 15.9. The molecule has 0 aliphatic rings. The lowest BCUT2D eigenvalue weighted by Gasteiger charge is -2.15. The molecule has 0 unspecified atom stereocenters. The Morgan fingerprint density at radius 3 is 1.80 bits per heavy atom. The van der Waals surface area contributed by atoms with E-state index < -0.39 is 30.2 Å². The van der Waals surface area contributed by atoms with E-state index in [0.29, 0.717) is 0 Å². The van der Waals surface area contributed by atoms with E-state index in [1.807, 2.05) is 0 Å². The van der Waals surface area contributed by atoms with Crippen molar-refractivity contribution >= 4 is 52.3 Å². The first kappa shape index (κ1) is 19.3. The van der Waals surface area contributed by atoms with Crippen molar-refractivity contribution in [2.75, 3.05) is 28.2 Å². The summed E-state index contributed by atoms with van der Waals surface area (Å²) in [4.78, 5) is 0. The Hall–Kier alpha value is -2.05. The number of hydrogen-bond donors (Lipinski definition) is 2. The number of sulfonamides is 2. The molecule has 0 aromatic heterocycles. The van der Waals surface area contributed by atoms with Crippen molar-refractivity contribution in [3.8, 4) is 5.75 Å². The molecule has 9 nitrogen and oxygen atoms in total. The molecule has 0 fully saturated rings. The van der Waals surface area contributed by atoms with Crippen LogP contribution in [0.5, 0.6) is 5.75 Å². The van der Waals surface area contributed by atoms with Crippen molar-refractivity contribution in [2.45, 2.75) is 0 Å². The summed E-state index contributed by atoms with van der Waals surface area (Å²) in [6, 6.07) is 6.97. The molecule has 0 spiro atoms. The maximum atomic E-state index is 11.6. The number of rotatable bonds is 6. The first-order valence-corrected chi connectivity index (χ1v) is 12.3. The van der Waals surface area contributed by atoms with Crippen molar-refractivity contribution in [2.24, 2.45) is 0 Å². The van der Waals surface area contributed by atoms with Gasteiger partial charge in [0.15, 0.2) is 5.75 Å². The number of benzene rings is 2. The quantitative estimate of drug-likeness (QED) is 0.678. The summed E-state index contributed by atoms with van der Waals surface area (Å²) in [6.45, 7) is 0. The highest BCUT2D eigenvalue weighted by molar-refractivity contribution is 7.92. The molecule has 0 atom stereocenters. The third-order valence-corrected chi connectivity index (χ3v) is 4.50. The van der Waals surface area contributed by atoms with Gasteiger partial charge in [0.25, 0.3) is 0 Å². The number of fused-ring (bicyclic) bond motifs is 1. The summed E-state index contributed by atoms with van der Waals surface area (Å²) in [5.41, 5.74) is 0.200. The Morgan fingerprint density at radius 2 is 1.28 bits per heavy atom. The van der Waals surface area contributed by atoms with Crippen LogP contribution >= 0.6 is 0 Å². The first-order chi connectivity index (χ1) is 11.3. The van der Waals surface area contributed by atoms with Gasteiger partial charge in [0, 0.05) is 5.39 Å². The van der Waals surface area contributed by atoms with Crippen molar-refractivity contribution in [1.82, 2.24) is 0 Å². The zero-order chi connectivity index (χ0) is 19.0. The molecule has 0 aliphatic carbocycles. The predicted octanol–water partition coefficient (Wildman–Crippen LogP) is 0.921. The van der Waals surface area contributed by atoms with Crippen LogP contribution in [0, 0.1) is 0 Å². The molecular formula is C13H16N2O7S3. The minimum Gasteiger partial charge on any atom is -0.382 e. The first-order valence-electron chi connectivity index (χ1n) is 6.66. The Bertz CT molecular complexity index is 1100. The fourth-order valence-electron chi connectivity index (χ4n) is 2.18. The summed E-state index contributed by atoms with van der Waals surface area (Å²) >= 11 is 0. The van der Waals surface area contributed by atoms with Gasteiger partial charge in [0.2, 0.25) is 20.0 Å². The van der Waals surface area contributed by atoms with E-state index in [4.69, 9.17) is 4.18 Å². The van der Waals surface area contributed by atoms with Gasteiger partial charge in [-0.1, -0.05) is 12.1 Å². The van der Waals surface area contributed by atoms with Gasteiger partial charge in [0.05, 0.1) is 35.5 Å². The van der Waals surface area contributed by atoms with E-state index in [0.717, 1.165) is 18.8 Å². The summed E-state index contributed by atoms with van der Waals surface area (Å²) < 4.78 is 78.6. The van der Waals surface area contributed by atoms with Gasteiger partial charge in [-0.25, -0.2) is 16.8 Å². The van der Waals surface area contributed by atoms with Crippen LogP contribution in [0.25, 0.3) is 10.8 Å². The Kier molecular flexibility index (Phi) is 4.90. The van der Waals surface area contributed by atoms with Crippen LogP contribution in [0.3, 0.4) is 0 Å². The van der Waals surface area contributed by atoms with Gasteiger partial charge in [-0.2, -0.15) is 8.42 Å². The van der Waals surface area contributed by atoms with E-state index in [1.54, 1.807) is 0 Å². The van der Waals surface area contributed by atoms with Crippen LogP contribution in [-0.4, -0.2) is 44.0 Å². The summed E-state index contributed by atoms with van der Waals surface area (Å²) in [5, 5.41) is 0.368. The maximum absolute atomic E-state index is 11.6. The van der Waals surface area contributed by atoms with E-state index in [9.17, 15) is 25.3 Å². The molecule has 138 valence electrons. The van der Waals surface area contributed by atoms with E-state index in [1.165, 1.54) is 30.3 Å². The van der Waals surface area contributed by atoms with Crippen LogP contribution < -0.4 is 13.6 Å². The third-order valence-electron chi connectivity index (χ3n) is 2.83. The lowest BCUT2D eigenvalue weighted by atomic mass is 10.1. The van der Waals surface area contributed by atoms with Gasteiger partial charge >= 0.3 is 10.1 Å². The lowest BCUT2D eigenvalue weighted by molar-refractivity contribution is 0.496. The molecular weight excluding hydrogens is 392 g/mol. The van der Waals surface area contributed by atoms with Crippen molar-refractivity contribution in [3.63, 3.8) is 0 Å². The van der Waals surface area contributed by atoms with E-state index in [2.05, 4.69) is 9.44 Å². The standard InChI is InChI=1S/C13H16N2O7S3/c1-23(16,17)14-10-7-8-11(15-24(2,18)19)13-9(10)5-4-6-12(13)22-25(3,20)21/h4-8,14-15H,1-3H3. The number of nitrogens with one attached hydrogen (secondary N) is 2. The largest absolute Gasteiger partial charge is 0.382 e. The van der Waals surface area contributed by atoms with Gasteiger partial charge in [0.1, 0.15) is 0 Å². The highest BCUT2D eigenvalue weighted by Gasteiger charge is 2.17. The molecule has 12 heteroatoms. The fourth-order valence-corrected chi connectivity index (χ4v) is 3.79. The fraction of sp³-hybridized carbons (Fsp3) is 0.231. The molecule has 0 amide bonds. The SMILES string of the molecule is CS(=O)(=O)Nc1ccc(NS(C)(=O)=O)c2c(OS(C)(=O)=O)cccc12. The predicted molar refractivity (Wildman–Crippen MR) is 96.4 cm³/mol.